The van der Waals surface area contributed by atoms with Crippen molar-refractivity contribution in [2.24, 2.45) is 5.84 Å². The first-order valence-corrected chi connectivity index (χ1v) is 6.38. The van der Waals surface area contributed by atoms with Gasteiger partial charge in [0.25, 0.3) is 0 Å². The molecule has 2 atom stereocenters. The summed E-state index contributed by atoms with van der Waals surface area (Å²) in [6.07, 6.45) is 5.81. The molecule has 0 aromatic carbocycles. The van der Waals surface area contributed by atoms with Gasteiger partial charge in [0, 0.05) is 25.5 Å². The second-order valence-corrected chi connectivity index (χ2v) is 4.91. The maximum Gasteiger partial charge on any atom is 0.180 e. The summed E-state index contributed by atoms with van der Waals surface area (Å²) in [6.45, 7) is 5.73. The van der Waals surface area contributed by atoms with Crippen LogP contribution in [-0.2, 0) is 4.74 Å². The molecule has 1 aliphatic rings. The normalized spacial score (nSPS) is 23.8. The summed E-state index contributed by atoms with van der Waals surface area (Å²) < 4.78 is 7.67. The Morgan fingerprint density at radius 3 is 2.79 bits per heavy atom. The molecule has 7 heteroatoms. The van der Waals surface area contributed by atoms with Crippen molar-refractivity contribution in [3.05, 3.63) is 18.6 Å². The third-order valence-electron chi connectivity index (χ3n) is 3.22. The van der Waals surface area contributed by atoms with Crippen molar-refractivity contribution < 1.29 is 4.74 Å². The lowest BCUT2D eigenvalue weighted by Crippen LogP contribution is -2.46. The monoisotopic (exact) mass is 262 g/mol. The van der Waals surface area contributed by atoms with E-state index in [1.807, 2.05) is 16.8 Å². The lowest BCUT2D eigenvalue weighted by atomic mass is 10.2. The molecule has 0 spiro atoms. The fourth-order valence-electron chi connectivity index (χ4n) is 2.55. The second kappa shape index (κ2) is 4.67. The zero-order chi connectivity index (χ0) is 13.4. The Morgan fingerprint density at radius 2 is 2.11 bits per heavy atom. The number of nitrogens with two attached hydrogens (primary N) is 1. The summed E-state index contributed by atoms with van der Waals surface area (Å²) in [7, 11) is 0. The van der Waals surface area contributed by atoms with E-state index in [-0.39, 0.29) is 12.2 Å². The highest BCUT2D eigenvalue weighted by Crippen LogP contribution is 2.24. The molecule has 0 radical (unpaired) electrons. The number of rotatable bonds is 2. The molecular weight excluding hydrogens is 244 g/mol. The highest BCUT2D eigenvalue weighted by atomic mass is 16.5. The minimum atomic E-state index is 0.176. The van der Waals surface area contributed by atoms with Gasteiger partial charge < -0.3 is 19.5 Å². The molecule has 0 bridgehead atoms. The first-order valence-electron chi connectivity index (χ1n) is 6.38. The van der Waals surface area contributed by atoms with Crippen molar-refractivity contribution in [2.45, 2.75) is 26.1 Å². The number of hydrazine groups is 1. The Labute approximate surface area is 111 Å². The maximum atomic E-state index is 5.75. The summed E-state index contributed by atoms with van der Waals surface area (Å²) >= 11 is 0. The zero-order valence-electron chi connectivity index (χ0n) is 11.1. The number of hydrogen-bond acceptors (Lipinski definition) is 6. The third-order valence-corrected chi connectivity index (χ3v) is 3.22. The summed E-state index contributed by atoms with van der Waals surface area (Å²) in [4.78, 5) is 11.1. The fraction of sp³-hybridized carbons (Fsp3) is 0.500. The highest BCUT2D eigenvalue weighted by Gasteiger charge is 2.25. The van der Waals surface area contributed by atoms with Gasteiger partial charge in [-0.15, -0.1) is 0 Å². The van der Waals surface area contributed by atoms with E-state index in [1.165, 1.54) is 0 Å². The van der Waals surface area contributed by atoms with Gasteiger partial charge in [-0.05, 0) is 13.8 Å². The van der Waals surface area contributed by atoms with Gasteiger partial charge in [0.1, 0.15) is 0 Å². The van der Waals surface area contributed by atoms with Crippen molar-refractivity contribution in [1.29, 1.82) is 0 Å². The van der Waals surface area contributed by atoms with Crippen LogP contribution >= 0.6 is 0 Å². The fourth-order valence-corrected chi connectivity index (χ4v) is 2.55. The van der Waals surface area contributed by atoms with Gasteiger partial charge in [-0.2, -0.15) is 0 Å². The number of imidazole rings is 1. The van der Waals surface area contributed by atoms with Gasteiger partial charge in [0.05, 0.1) is 18.4 Å². The van der Waals surface area contributed by atoms with Crippen LogP contribution in [0, 0.1) is 0 Å². The zero-order valence-corrected chi connectivity index (χ0v) is 11.1. The van der Waals surface area contributed by atoms with Crippen molar-refractivity contribution >= 4 is 17.3 Å². The molecule has 1 aliphatic heterocycles. The molecule has 3 heterocycles. The van der Waals surface area contributed by atoms with Gasteiger partial charge >= 0.3 is 0 Å². The van der Waals surface area contributed by atoms with E-state index in [9.17, 15) is 0 Å². The number of nitrogens with zero attached hydrogens (tertiary/aromatic N) is 4. The molecule has 1 saturated heterocycles. The molecule has 7 nitrogen and oxygen atoms in total. The molecule has 0 saturated carbocycles. The van der Waals surface area contributed by atoms with Crippen molar-refractivity contribution in [1.82, 2.24) is 14.4 Å². The molecule has 1 fully saturated rings. The number of nitrogen functional groups attached to an aromatic ring is 1. The maximum absolute atomic E-state index is 5.75. The highest BCUT2D eigenvalue weighted by molar-refractivity contribution is 5.67. The van der Waals surface area contributed by atoms with Crippen LogP contribution in [0.15, 0.2) is 18.6 Å². The average molecular weight is 262 g/mol. The Kier molecular flexibility index (Phi) is 3.00. The molecule has 0 unspecified atom stereocenters. The number of anilines is 2. The number of fused-ring (bicyclic) bond motifs is 1. The van der Waals surface area contributed by atoms with Crippen LogP contribution < -0.4 is 16.2 Å². The van der Waals surface area contributed by atoms with Gasteiger partial charge in [-0.3, -0.25) is 0 Å². The van der Waals surface area contributed by atoms with Crippen LogP contribution in [-0.4, -0.2) is 39.7 Å². The first-order chi connectivity index (χ1) is 9.17. The smallest absolute Gasteiger partial charge is 0.180 e. The molecule has 3 N–H and O–H groups in total. The largest absolute Gasteiger partial charge is 0.372 e. The molecule has 19 heavy (non-hydrogen) atoms. The molecule has 2 aromatic rings. The van der Waals surface area contributed by atoms with Gasteiger partial charge in [0.2, 0.25) is 0 Å². The lowest BCUT2D eigenvalue weighted by Gasteiger charge is -2.36. The molecule has 0 amide bonds. The van der Waals surface area contributed by atoms with E-state index in [2.05, 4.69) is 34.1 Å². The molecule has 2 aromatic heterocycles. The summed E-state index contributed by atoms with van der Waals surface area (Å²) in [5, 5.41) is 0. The predicted octanol–water partition coefficient (Wildman–Crippen LogP) is 0.628. The van der Waals surface area contributed by atoms with E-state index >= 15 is 0 Å². The van der Waals surface area contributed by atoms with Crippen LogP contribution in [0.4, 0.5) is 11.6 Å². The van der Waals surface area contributed by atoms with Gasteiger partial charge in [0.15, 0.2) is 17.3 Å². The SMILES string of the molecule is C[C@@H]1CN(c2nc(NN)cn3ccnc23)C[C@H](C)O1. The second-order valence-electron chi connectivity index (χ2n) is 4.91. The Bertz CT molecular complexity index is 573. The number of ether oxygens (including phenoxy) is 1. The quantitative estimate of drug-likeness (QED) is 0.610. The van der Waals surface area contributed by atoms with Crippen molar-refractivity contribution in [3.8, 4) is 0 Å². The lowest BCUT2D eigenvalue weighted by molar-refractivity contribution is -0.00538. The Hall–Kier alpha value is -1.86. The average Bonchev–Trinajstić information content (AvgIpc) is 2.84. The number of morpholine rings is 1. The number of hydrogen-bond donors (Lipinski definition) is 2. The van der Waals surface area contributed by atoms with Crippen LogP contribution in [0.2, 0.25) is 0 Å². The predicted molar refractivity (Wildman–Crippen MR) is 73.0 cm³/mol. The van der Waals surface area contributed by atoms with E-state index in [4.69, 9.17) is 10.6 Å². The topological polar surface area (TPSA) is 80.7 Å². The third kappa shape index (κ3) is 2.22. The standard InChI is InChI=1S/C12H18N6O/c1-8-5-18(6-9(2)19-8)12-11-14-3-4-17(11)7-10(15-12)16-13/h3-4,7-9,16H,5-6,13H2,1-2H3/t8-,9+. The Morgan fingerprint density at radius 1 is 1.37 bits per heavy atom. The van der Waals surface area contributed by atoms with Gasteiger partial charge in [-0.1, -0.05) is 0 Å². The van der Waals surface area contributed by atoms with Crippen molar-refractivity contribution in [2.75, 3.05) is 23.4 Å². The van der Waals surface area contributed by atoms with Crippen LogP contribution in [0.25, 0.3) is 5.65 Å². The van der Waals surface area contributed by atoms with Crippen molar-refractivity contribution in [3.63, 3.8) is 0 Å². The van der Waals surface area contributed by atoms with E-state index in [0.29, 0.717) is 5.82 Å². The van der Waals surface area contributed by atoms with Gasteiger partial charge in [-0.25, -0.2) is 15.8 Å². The summed E-state index contributed by atoms with van der Waals surface area (Å²) in [6, 6.07) is 0. The number of aromatic nitrogens is 3. The minimum Gasteiger partial charge on any atom is -0.372 e. The molecular formula is C12H18N6O. The van der Waals surface area contributed by atoms with E-state index in [1.54, 1.807) is 6.20 Å². The summed E-state index contributed by atoms with van der Waals surface area (Å²) in [5.74, 6) is 6.93. The molecule has 0 aliphatic carbocycles. The van der Waals surface area contributed by atoms with Crippen LogP contribution in [0.1, 0.15) is 13.8 Å². The summed E-state index contributed by atoms with van der Waals surface area (Å²) in [5.41, 5.74) is 3.43. The van der Waals surface area contributed by atoms with Crippen LogP contribution in [0.3, 0.4) is 0 Å². The van der Waals surface area contributed by atoms with E-state index in [0.717, 1.165) is 24.6 Å². The number of nitrogens with one attached hydrogen (secondary N) is 1. The molecule has 3 rings (SSSR count). The van der Waals surface area contributed by atoms with Crippen LogP contribution in [0.5, 0.6) is 0 Å². The van der Waals surface area contributed by atoms with E-state index < -0.39 is 0 Å². The first kappa shape index (κ1) is 12.2. The minimum absolute atomic E-state index is 0.176. The molecule has 102 valence electrons. The Balaban J connectivity index is 2.05.